The van der Waals surface area contributed by atoms with E-state index in [1.165, 1.54) is 5.56 Å². The Morgan fingerprint density at radius 2 is 1.96 bits per heavy atom. The van der Waals surface area contributed by atoms with Crippen LogP contribution in [0.1, 0.15) is 6.92 Å². The van der Waals surface area contributed by atoms with Crippen LogP contribution in [0.3, 0.4) is 0 Å². The van der Waals surface area contributed by atoms with Gasteiger partial charge in [0, 0.05) is 48.3 Å². The van der Waals surface area contributed by atoms with Crippen LogP contribution < -0.4 is 10.6 Å². The van der Waals surface area contributed by atoms with Crippen molar-refractivity contribution in [1.29, 1.82) is 0 Å². The van der Waals surface area contributed by atoms with Gasteiger partial charge in [0.05, 0.1) is 19.3 Å². The van der Waals surface area contributed by atoms with Gasteiger partial charge in [-0.05, 0) is 13.0 Å². The third kappa shape index (κ3) is 6.60. The monoisotopic (exact) mass is 385 g/mol. The van der Waals surface area contributed by atoms with Gasteiger partial charge in [-0.25, -0.2) is 9.59 Å². The molecule has 0 aliphatic carbocycles. The first kappa shape index (κ1) is 20.7. The molecular weight excluding hydrogens is 362 g/mol. The van der Waals surface area contributed by atoms with Crippen molar-refractivity contribution in [2.75, 3.05) is 25.0 Å². The topological polar surface area (TPSA) is 129 Å². The number of aryl methyl sites for hydroxylation is 1. The smallest absolute Gasteiger partial charge is 0.328 e. The second-order valence-corrected chi connectivity index (χ2v) is 5.75. The molecule has 0 saturated carbocycles. The molecule has 3 rings (SSSR count). The molecule has 0 fully saturated rings. The molecule has 2 heterocycles. The van der Waals surface area contributed by atoms with Crippen molar-refractivity contribution in [3.8, 4) is 11.1 Å². The Hall–Kier alpha value is -3.62. The fraction of sp³-hybridized carbons (Fsp3) is 0.263. The van der Waals surface area contributed by atoms with Gasteiger partial charge in [0.15, 0.2) is 0 Å². The first-order chi connectivity index (χ1) is 13.5. The summed E-state index contributed by atoms with van der Waals surface area (Å²) in [5, 5.41) is 26.7. The van der Waals surface area contributed by atoms with E-state index in [0.717, 1.165) is 43.3 Å². The van der Waals surface area contributed by atoms with Crippen molar-refractivity contribution >= 4 is 23.5 Å². The van der Waals surface area contributed by atoms with Crippen molar-refractivity contribution in [3.63, 3.8) is 0 Å². The van der Waals surface area contributed by atoms with Crippen LogP contribution in [0, 0.1) is 0 Å². The first-order valence-corrected chi connectivity index (χ1v) is 8.76. The van der Waals surface area contributed by atoms with Crippen molar-refractivity contribution in [1.82, 2.24) is 15.1 Å². The minimum atomic E-state index is -1.26. The summed E-state index contributed by atoms with van der Waals surface area (Å²) in [6, 6.07) is 8.30. The van der Waals surface area contributed by atoms with Crippen LogP contribution in [0.5, 0.6) is 0 Å². The zero-order valence-corrected chi connectivity index (χ0v) is 15.5. The van der Waals surface area contributed by atoms with E-state index in [1.54, 1.807) is 0 Å². The summed E-state index contributed by atoms with van der Waals surface area (Å²) in [6.07, 6.45) is 5.10. The zero-order valence-electron chi connectivity index (χ0n) is 15.5. The summed E-state index contributed by atoms with van der Waals surface area (Å²) in [5.74, 6) is -1.48. The van der Waals surface area contributed by atoms with E-state index in [2.05, 4.69) is 52.0 Å². The number of nitrogens with one attached hydrogen (secondary N) is 2. The van der Waals surface area contributed by atoms with Gasteiger partial charge in [-0.15, -0.1) is 0 Å². The summed E-state index contributed by atoms with van der Waals surface area (Å²) in [5.41, 5.74) is 3.42. The lowest BCUT2D eigenvalue weighted by molar-refractivity contribution is -0.134. The molecule has 1 aliphatic heterocycles. The summed E-state index contributed by atoms with van der Waals surface area (Å²) >= 11 is 0. The number of aromatic nitrogens is 2. The minimum absolute atomic E-state index is 0.558. The Balaban J connectivity index is 0.000000300. The van der Waals surface area contributed by atoms with Crippen molar-refractivity contribution in [2.45, 2.75) is 13.5 Å². The predicted molar refractivity (Wildman–Crippen MR) is 107 cm³/mol. The Labute approximate surface area is 162 Å². The van der Waals surface area contributed by atoms with Crippen LogP contribution in [-0.4, -0.2) is 57.4 Å². The van der Waals surface area contributed by atoms with Gasteiger partial charge in [-0.1, -0.05) is 18.2 Å². The maximum Gasteiger partial charge on any atom is 0.328 e. The van der Waals surface area contributed by atoms with Crippen LogP contribution in [0.15, 0.2) is 53.8 Å². The summed E-state index contributed by atoms with van der Waals surface area (Å²) < 4.78 is 1.94. The van der Waals surface area contributed by atoms with Gasteiger partial charge < -0.3 is 20.8 Å². The Kier molecular flexibility index (Phi) is 7.77. The number of hydrogen-bond acceptors (Lipinski definition) is 6. The molecule has 0 saturated heterocycles. The van der Waals surface area contributed by atoms with E-state index in [-0.39, 0.29) is 0 Å². The molecule has 0 unspecified atom stereocenters. The summed E-state index contributed by atoms with van der Waals surface area (Å²) in [7, 11) is 0. The largest absolute Gasteiger partial charge is 0.478 e. The number of aliphatic carboxylic acids is 2. The van der Waals surface area contributed by atoms with Crippen molar-refractivity contribution < 1.29 is 19.8 Å². The number of rotatable bonds is 7. The molecule has 9 nitrogen and oxygen atoms in total. The molecule has 1 aromatic carbocycles. The lowest BCUT2D eigenvalue weighted by Crippen LogP contribution is -2.26. The molecule has 9 heteroatoms. The molecule has 0 spiro atoms. The number of hydrogen-bond donors (Lipinski definition) is 4. The number of anilines is 1. The van der Waals surface area contributed by atoms with Gasteiger partial charge in [0.25, 0.3) is 0 Å². The summed E-state index contributed by atoms with van der Waals surface area (Å²) in [6.45, 7) is 5.53. The highest BCUT2D eigenvalue weighted by Gasteiger charge is 2.09. The van der Waals surface area contributed by atoms with Gasteiger partial charge in [-0.2, -0.15) is 5.10 Å². The molecule has 0 amide bonds. The molecular formula is C19H23N5O4. The zero-order chi connectivity index (χ0) is 20.4. The van der Waals surface area contributed by atoms with Crippen LogP contribution in [0.4, 0.5) is 5.69 Å². The number of benzene rings is 1. The van der Waals surface area contributed by atoms with Crippen LogP contribution >= 0.6 is 0 Å². The van der Waals surface area contributed by atoms with E-state index in [1.807, 2.05) is 16.9 Å². The maximum atomic E-state index is 9.55. The normalized spacial score (nSPS) is 12.7. The van der Waals surface area contributed by atoms with Crippen LogP contribution in [0.25, 0.3) is 11.1 Å². The molecule has 0 bridgehead atoms. The lowest BCUT2D eigenvalue weighted by atomic mass is 10.1. The average molecular weight is 385 g/mol. The van der Waals surface area contributed by atoms with E-state index in [4.69, 9.17) is 10.2 Å². The first-order valence-electron chi connectivity index (χ1n) is 8.76. The fourth-order valence-corrected chi connectivity index (χ4v) is 2.45. The van der Waals surface area contributed by atoms with Crippen LogP contribution in [-0.2, 0) is 16.1 Å². The number of para-hydroxylation sites is 1. The highest BCUT2D eigenvalue weighted by Crippen LogP contribution is 2.27. The number of nitrogens with zero attached hydrogens (tertiary/aromatic N) is 3. The molecule has 2 aromatic rings. The second-order valence-electron chi connectivity index (χ2n) is 5.75. The van der Waals surface area contributed by atoms with E-state index in [0.29, 0.717) is 12.2 Å². The number of carboxylic acids is 2. The van der Waals surface area contributed by atoms with E-state index >= 15 is 0 Å². The molecule has 1 aliphatic rings. The van der Waals surface area contributed by atoms with Gasteiger partial charge >= 0.3 is 11.9 Å². The number of carbonyl (C=O) groups is 2. The quantitative estimate of drug-likeness (QED) is 0.534. The third-order valence-corrected chi connectivity index (χ3v) is 3.75. The minimum Gasteiger partial charge on any atom is -0.478 e. The molecule has 148 valence electrons. The average Bonchev–Trinajstić information content (AvgIpc) is 3.37. The molecule has 28 heavy (non-hydrogen) atoms. The molecule has 0 radical (unpaired) electrons. The second kappa shape index (κ2) is 10.5. The fourth-order valence-electron chi connectivity index (χ4n) is 2.45. The van der Waals surface area contributed by atoms with E-state index in [9.17, 15) is 9.59 Å². The third-order valence-electron chi connectivity index (χ3n) is 3.75. The number of amidine groups is 1. The number of carboxylic acid groups (broad SMARTS) is 2. The van der Waals surface area contributed by atoms with Crippen molar-refractivity contribution in [3.05, 3.63) is 48.8 Å². The Morgan fingerprint density at radius 3 is 2.54 bits per heavy atom. The van der Waals surface area contributed by atoms with Gasteiger partial charge in [0.1, 0.15) is 5.84 Å². The van der Waals surface area contributed by atoms with Gasteiger partial charge in [0.2, 0.25) is 0 Å². The number of aliphatic imine (C=N–C) groups is 1. The standard InChI is InChI=1S/C15H19N5.C4H4O4/c1-2-20-11-12(9-19-20)13-5-3-4-6-14(13)18-10-15-16-7-8-17-15;5-3(6)1-2-4(7)8/h3-6,9,11,18H,2,7-8,10H2,1H3,(H,16,17);1-2H,(H,5,6)(H,7,8). The predicted octanol–water partition coefficient (Wildman–Crippen LogP) is 1.70. The highest BCUT2D eigenvalue weighted by atomic mass is 16.4. The molecule has 4 N–H and O–H groups in total. The Morgan fingerprint density at radius 1 is 1.25 bits per heavy atom. The summed E-state index contributed by atoms with van der Waals surface area (Å²) in [4.78, 5) is 23.5. The highest BCUT2D eigenvalue weighted by molar-refractivity contribution is 5.90. The van der Waals surface area contributed by atoms with Crippen LogP contribution in [0.2, 0.25) is 0 Å². The van der Waals surface area contributed by atoms with Gasteiger partial charge in [-0.3, -0.25) is 9.67 Å². The van der Waals surface area contributed by atoms with Crippen molar-refractivity contribution in [2.24, 2.45) is 4.99 Å². The SMILES string of the molecule is CCn1cc(-c2ccccc2NCC2=NCCN2)cn1.O=C(O)C=CC(=O)O. The Bertz CT molecular complexity index is 857. The van der Waals surface area contributed by atoms with E-state index < -0.39 is 11.9 Å². The molecule has 0 atom stereocenters. The lowest BCUT2D eigenvalue weighted by Gasteiger charge is -2.11. The maximum absolute atomic E-state index is 9.55. The molecule has 1 aromatic heterocycles.